The third-order valence-electron chi connectivity index (χ3n) is 3.52. The van der Waals surface area contributed by atoms with E-state index in [9.17, 15) is 27.0 Å². The Labute approximate surface area is 169 Å². The quantitative estimate of drug-likeness (QED) is 0.448. The summed E-state index contributed by atoms with van der Waals surface area (Å²) in [5.41, 5.74) is 0. The van der Waals surface area contributed by atoms with Gasteiger partial charge in [-0.25, -0.2) is 0 Å². The molecule has 0 bridgehead atoms. The highest BCUT2D eigenvalue weighted by atomic mass is 32.2. The summed E-state index contributed by atoms with van der Waals surface area (Å²) in [5, 5.41) is 19.5. The molecule has 0 aliphatic heterocycles. The molecule has 0 spiro atoms. The lowest BCUT2D eigenvalue weighted by Gasteiger charge is -2.15. The zero-order chi connectivity index (χ0) is 21.3. The van der Waals surface area contributed by atoms with E-state index in [0.717, 1.165) is 0 Å². The Morgan fingerprint density at radius 3 is 1.31 bits per heavy atom. The smallest absolute Gasteiger partial charge is 0.297 e. The van der Waals surface area contributed by atoms with Crippen LogP contribution in [0.3, 0.4) is 0 Å². The average molecular weight is 446 g/mol. The fourth-order valence-corrected chi connectivity index (χ4v) is 4.01. The van der Waals surface area contributed by atoms with Gasteiger partial charge in [-0.2, -0.15) is 16.8 Å². The van der Waals surface area contributed by atoms with Gasteiger partial charge in [-0.3, -0.25) is 8.37 Å². The van der Waals surface area contributed by atoms with Crippen LogP contribution in [0, 0.1) is 0 Å². The summed E-state index contributed by atoms with van der Waals surface area (Å²) in [7, 11) is -8.00. The fourth-order valence-electron chi connectivity index (χ4n) is 2.08. The van der Waals surface area contributed by atoms with Crippen molar-refractivity contribution >= 4 is 20.2 Å². The molecule has 0 saturated heterocycles. The number of aliphatic hydroxyl groups excluding tert-OH is 2. The van der Waals surface area contributed by atoms with Gasteiger partial charge in [0.1, 0.15) is 12.2 Å². The third kappa shape index (κ3) is 7.82. The number of benzene rings is 2. The zero-order valence-electron chi connectivity index (χ0n) is 15.3. The van der Waals surface area contributed by atoms with Crippen LogP contribution in [0.5, 0.6) is 0 Å². The highest BCUT2D eigenvalue weighted by Gasteiger charge is 2.19. The number of hydrogen-bond donors (Lipinski definition) is 2. The molecule has 0 heterocycles. The van der Waals surface area contributed by atoms with Crippen LogP contribution in [0.2, 0.25) is 0 Å². The van der Waals surface area contributed by atoms with E-state index < -0.39 is 45.7 Å². The Hall–Kier alpha value is -1.86. The molecule has 0 aliphatic rings. The van der Waals surface area contributed by atoms with Gasteiger partial charge >= 0.3 is 0 Å². The molecule has 0 fully saturated rings. The summed E-state index contributed by atoms with van der Waals surface area (Å²) in [6.45, 7) is -1.72. The van der Waals surface area contributed by atoms with Crippen LogP contribution in [-0.2, 0) is 33.3 Å². The Bertz CT molecular complexity index is 866. The van der Waals surface area contributed by atoms with Crippen molar-refractivity contribution in [3.63, 3.8) is 0 Å². The summed E-state index contributed by atoms with van der Waals surface area (Å²) in [6, 6.07) is 14.9. The minimum absolute atomic E-state index is 0.0414. The molecule has 0 aliphatic carbocycles. The molecule has 0 aromatic heterocycles. The van der Waals surface area contributed by atoms with Gasteiger partial charge in [-0.05, 0) is 24.3 Å². The first-order valence-corrected chi connectivity index (χ1v) is 11.4. The van der Waals surface area contributed by atoms with E-state index in [1.54, 1.807) is 12.1 Å². The highest BCUT2D eigenvalue weighted by Crippen LogP contribution is 2.12. The summed E-state index contributed by atoms with van der Waals surface area (Å²) in [6.07, 6.45) is -2.54. The Morgan fingerprint density at radius 1 is 0.621 bits per heavy atom. The van der Waals surface area contributed by atoms with Crippen LogP contribution >= 0.6 is 0 Å². The number of aliphatic hydroxyl groups is 2. The van der Waals surface area contributed by atoms with Crippen LogP contribution in [0.4, 0.5) is 0 Å². The van der Waals surface area contributed by atoms with Crippen molar-refractivity contribution in [1.29, 1.82) is 0 Å². The van der Waals surface area contributed by atoms with Gasteiger partial charge in [0, 0.05) is 0 Å². The standard InChI is InChI=1S/C18H22O9S2/c19-15(13-26-28(21,22)17-7-3-1-4-8-17)11-25-12-16(20)14-27-29(23,24)18-9-5-2-6-10-18/h1-10,15-16,19-20H,11-14H2. The van der Waals surface area contributed by atoms with E-state index in [-0.39, 0.29) is 23.0 Å². The lowest BCUT2D eigenvalue weighted by atomic mass is 10.4. The Morgan fingerprint density at radius 2 is 0.966 bits per heavy atom. The summed E-state index contributed by atoms with van der Waals surface area (Å²) >= 11 is 0. The summed E-state index contributed by atoms with van der Waals surface area (Å²) < 4.78 is 62.3. The number of rotatable bonds is 12. The Balaban J connectivity index is 1.68. The van der Waals surface area contributed by atoms with E-state index in [4.69, 9.17) is 13.1 Å². The predicted octanol–water partition coefficient (Wildman–Crippen LogP) is 0.536. The van der Waals surface area contributed by atoms with E-state index in [2.05, 4.69) is 0 Å². The minimum atomic E-state index is -4.00. The van der Waals surface area contributed by atoms with Crippen molar-refractivity contribution in [1.82, 2.24) is 0 Å². The van der Waals surface area contributed by atoms with Crippen LogP contribution < -0.4 is 0 Å². The van der Waals surface area contributed by atoms with Gasteiger partial charge < -0.3 is 14.9 Å². The molecule has 0 amide bonds. The lowest BCUT2D eigenvalue weighted by molar-refractivity contribution is -0.0297. The molecule has 160 valence electrons. The van der Waals surface area contributed by atoms with Crippen molar-refractivity contribution in [3.8, 4) is 0 Å². The first-order valence-electron chi connectivity index (χ1n) is 8.53. The van der Waals surface area contributed by atoms with Crippen LogP contribution in [0.15, 0.2) is 70.5 Å². The van der Waals surface area contributed by atoms with Crippen LogP contribution in [0.25, 0.3) is 0 Å². The molecule has 2 aromatic rings. The monoisotopic (exact) mass is 446 g/mol. The molecule has 11 heteroatoms. The van der Waals surface area contributed by atoms with Crippen molar-refractivity contribution < 1.29 is 40.2 Å². The van der Waals surface area contributed by atoms with Gasteiger partial charge in [-0.15, -0.1) is 0 Å². The largest absolute Gasteiger partial charge is 0.388 e. The second-order valence-electron chi connectivity index (χ2n) is 5.95. The highest BCUT2D eigenvalue weighted by molar-refractivity contribution is 7.87. The molecule has 2 aromatic carbocycles. The lowest BCUT2D eigenvalue weighted by Crippen LogP contribution is -2.28. The maximum Gasteiger partial charge on any atom is 0.297 e. The normalized spacial score (nSPS) is 14.4. The second kappa shape index (κ2) is 10.8. The maximum atomic E-state index is 11.9. The number of hydrogen-bond acceptors (Lipinski definition) is 9. The molecule has 2 N–H and O–H groups in total. The van der Waals surface area contributed by atoms with E-state index in [1.807, 2.05) is 0 Å². The topological polar surface area (TPSA) is 136 Å². The molecular formula is C18H22O9S2. The fraction of sp³-hybridized carbons (Fsp3) is 0.333. The molecule has 0 saturated carbocycles. The van der Waals surface area contributed by atoms with Crippen LogP contribution in [0.1, 0.15) is 0 Å². The molecule has 2 atom stereocenters. The van der Waals surface area contributed by atoms with Gasteiger partial charge in [0.2, 0.25) is 0 Å². The van der Waals surface area contributed by atoms with Gasteiger partial charge in [0.15, 0.2) is 0 Å². The molecule has 2 unspecified atom stereocenters. The molecule has 0 radical (unpaired) electrons. The van der Waals surface area contributed by atoms with E-state index >= 15 is 0 Å². The first-order chi connectivity index (χ1) is 13.7. The second-order valence-corrected chi connectivity index (χ2v) is 9.18. The van der Waals surface area contributed by atoms with Crippen molar-refractivity contribution in [2.24, 2.45) is 0 Å². The van der Waals surface area contributed by atoms with Crippen molar-refractivity contribution in [2.45, 2.75) is 22.0 Å². The van der Waals surface area contributed by atoms with Crippen LogP contribution in [-0.4, -0.2) is 65.7 Å². The minimum Gasteiger partial charge on any atom is -0.388 e. The molecular weight excluding hydrogens is 424 g/mol. The SMILES string of the molecule is O=S(=O)(OCC(O)COCC(O)COS(=O)(=O)c1ccccc1)c1ccccc1. The maximum absolute atomic E-state index is 11.9. The molecule has 2 rings (SSSR count). The summed E-state index contributed by atoms with van der Waals surface area (Å²) in [5.74, 6) is 0. The van der Waals surface area contributed by atoms with Gasteiger partial charge in [0.05, 0.1) is 36.2 Å². The summed E-state index contributed by atoms with van der Waals surface area (Å²) in [4.78, 5) is -0.0828. The van der Waals surface area contributed by atoms with Gasteiger partial charge in [0.25, 0.3) is 20.2 Å². The van der Waals surface area contributed by atoms with E-state index in [1.165, 1.54) is 48.5 Å². The Kier molecular flexibility index (Phi) is 8.71. The first kappa shape index (κ1) is 23.4. The zero-order valence-corrected chi connectivity index (χ0v) is 17.0. The average Bonchev–Trinajstić information content (AvgIpc) is 2.72. The third-order valence-corrected chi connectivity index (χ3v) is 6.11. The van der Waals surface area contributed by atoms with Gasteiger partial charge in [-0.1, -0.05) is 36.4 Å². The molecule has 9 nitrogen and oxygen atoms in total. The molecule has 29 heavy (non-hydrogen) atoms. The van der Waals surface area contributed by atoms with Crippen molar-refractivity contribution in [3.05, 3.63) is 60.7 Å². The van der Waals surface area contributed by atoms with Crippen molar-refractivity contribution in [2.75, 3.05) is 26.4 Å². The number of ether oxygens (including phenoxy) is 1. The van der Waals surface area contributed by atoms with E-state index in [0.29, 0.717) is 0 Å². The predicted molar refractivity (Wildman–Crippen MR) is 102 cm³/mol.